The fourth-order valence-corrected chi connectivity index (χ4v) is 2.33. The molecule has 0 unspecified atom stereocenters. The van der Waals surface area contributed by atoms with Crippen molar-refractivity contribution >= 4 is 12.0 Å². The molecule has 0 heterocycles. The molecule has 0 atom stereocenters. The molecule has 0 amide bonds. The molecule has 2 nitrogen and oxygen atoms in total. The van der Waals surface area contributed by atoms with E-state index in [0.717, 1.165) is 6.08 Å². The normalized spacial score (nSPS) is 17.4. The third kappa shape index (κ3) is 2.93. The fourth-order valence-electron chi connectivity index (χ4n) is 2.33. The van der Waals surface area contributed by atoms with E-state index in [1.165, 1.54) is 31.2 Å². The quantitative estimate of drug-likeness (QED) is 0.809. The lowest BCUT2D eigenvalue weighted by Crippen LogP contribution is -1.95. The second kappa shape index (κ2) is 5.13. The molecule has 1 aliphatic rings. The first-order valence-electron chi connectivity index (χ1n) is 5.87. The van der Waals surface area contributed by atoms with Crippen LogP contribution in [0.4, 0.5) is 4.39 Å². The summed E-state index contributed by atoms with van der Waals surface area (Å²) >= 11 is 0. The number of carboxylic acids is 1. The number of hydrogen-bond donors (Lipinski definition) is 1. The highest BCUT2D eigenvalue weighted by molar-refractivity contribution is 5.89. The Bertz CT molecular complexity index is 428. The molecule has 1 aromatic rings. The number of halogens is 1. The van der Waals surface area contributed by atoms with Gasteiger partial charge in [-0.3, -0.25) is 0 Å². The van der Waals surface area contributed by atoms with Crippen LogP contribution >= 0.6 is 0 Å². The summed E-state index contributed by atoms with van der Waals surface area (Å²) in [6.45, 7) is 0. The molecule has 1 aliphatic carbocycles. The zero-order chi connectivity index (χ0) is 12.3. The lowest BCUT2D eigenvalue weighted by Gasteiger charge is -2.09. The van der Waals surface area contributed by atoms with E-state index in [2.05, 4.69) is 0 Å². The molecule has 90 valence electrons. The van der Waals surface area contributed by atoms with Crippen LogP contribution in [-0.4, -0.2) is 11.1 Å². The smallest absolute Gasteiger partial charge is 0.364 e. The van der Waals surface area contributed by atoms with Crippen LogP contribution in [0.3, 0.4) is 0 Å². The van der Waals surface area contributed by atoms with Gasteiger partial charge in [0.1, 0.15) is 0 Å². The van der Waals surface area contributed by atoms with Gasteiger partial charge in [0, 0.05) is 0 Å². The van der Waals surface area contributed by atoms with Gasteiger partial charge in [0.25, 0.3) is 0 Å². The van der Waals surface area contributed by atoms with Crippen molar-refractivity contribution in [2.24, 2.45) is 0 Å². The average molecular weight is 234 g/mol. The lowest BCUT2D eigenvalue weighted by atomic mass is 9.97. The van der Waals surface area contributed by atoms with Gasteiger partial charge in [0.05, 0.1) is 0 Å². The Morgan fingerprint density at radius 2 is 1.82 bits per heavy atom. The molecule has 1 saturated carbocycles. The van der Waals surface area contributed by atoms with Crippen molar-refractivity contribution < 1.29 is 14.3 Å². The van der Waals surface area contributed by atoms with E-state index in [0.29, 0.717) is 11.5 Å². The Kier molecular flexibility index (Phi) is 3.57. The number of carboxylic acid groups (broad SMARTS) is 1. The standard InChI is InChI=1S/C14H15FO2/c15-13(14(16)17)9-10-5-7-12(8-6-10)11-3-1-2-4-11/h5-9,11H,1-4H2,(H,16,17). The molecule has 17 heavy (non-hydrogen) atoms. The van der Waals surface area contributed by atoms with Crippen molar-refractivity contribution in [1.29, 1.82) is 0 Å². The van der Waals surface area contributed by atoms with E-state index in [1.807, 2.05) is 12.1 Å². The Morgan fingerprint density at radius 1 is 1.24 bits per heavy atom. The van der Waals surface area contributed by atoms with Crippen LogP contribution < -0.4 is 0 Å². The molecular formula is C14H15FO2. The molecule has 0 aromatic heterocycles. The molecule has 2 rings (SSSR count). The van der Waals surface area contributed by atoms with Crippen molar-refractivity contribution in [2.45, 2.75) is 31.6 Å². The van der Waals surface area contributed by atoms with E-state index in [1.54, 1.807) is 12.1 Å². The molecular weight excluding hydrogens is 219 g/mol. The zero-order valence-electron chi connectivity index (χ0n) is 9.53. The first-order valence-corrected chi connectivity index (χ1v) is 5.87. The molecule has 0 radical (unpaired) electrons. The van der Waals surface area contributed by atoms with Gasteiger partial charge in [0.15, 0.2) is 0 Å². The maximum absolute atomic E-state index is 12.9. The summed E-state index contributed by atoms with van der Waals surface area (Å²) in [5, 5.41) is 8.43. The highest BCUT2D eigenvalue weighted by atomic mass is 19.1. The topological polar surface area (TPSA) is 37.3 Å². The Hall–Kier alpha value is -1.64. The maximum Gasteiger partial charge on any atom is 0.364 e. The fraction of sp³-hybridized carbons (Fsp3) is 0.357. The molecule has 0 saturated heterocycles. The summed E-state index contributed by atoms with van der Waals surface area (Å²) in [5.41, 5.74) is 1.86. The third-order valence-corrected chi connectivity index (χ3v) is 3.26. The minimum Gasteiger partial charge on any atom is -0.476 e. The Balaban J connectivity index is 2.12. The number of aliphatic carboxylic acids is 1. The van der Waals surface area contributed by atoms with E-state index < -0.39 is 11.8 Å². The number of carbonyl (C=O) groups is 1. The van der Waals surface area contributed by atoms with Crippen LogP contribution in [0.25, 0.3) is 6.08 Å². The molecule has 0 aliphatic heterocycles. The largest absolute Gasteiger partial charge is 0.476 e. The SMILES string of the molecule is O=C(O)C(F)=Cc1ccc(C2CCCC2)cc1. The number of benzene rings is 1. The van der Waals surface area contributed by atoms with Gasteiger partial charge < -0.3 is 5.11 Å². The van der Waals surface area contributed by atoms with Crippen LogP contribution in [-0.2, 0) is 4.79 Å². The van der Waals surface area contributed by atoms with Crippen LogP contribution in [0.5, 0.6) is 0 Å². The van der Waals surface area contributed by atoms with Crippen LogP contribution in [0.2, 0.25) is 0 Å². The van der Waals surface area contributed by atoms with Crippen LogP contribution in [0.1, 0.15) is 42.7 Å². The van der Waals surface area contributed by atoms with Gasteiger partial charge in [-0.25, -0.2) is 4.79 Å². The summed E-state index contributed by atoms with van der Waals surface area (Å²) in [6, 6.07) is 7.49. The highest BCUT2D eigenvalue weighted by Gasteiger charge is 2.16. The van der Waals surface area contributed by atoms with E-state index in [9.17, 15) is 9.18 Å². The molecule has 1 aromatic carbocycles. The van der Waals surface area contributed by atoms with Gasteiger partial charge in [-0.1, -0.05) is 37.1 Å². The summed E-state index contributed by atoms with van der Waals surface area (Å²) in [7, 11) is 0. The van der Waals surface area contributed by atoms with E-state index >= 15 is 0 Å². The van der Waals surface area contributed by atoms with Crippen molar-refractivity contribution in [2.75, 3.05) is 0 Å². The minimum absolute atomic E-state index is 0.589. The van der Waals surface area contributed by atoms with Crippen molar-refractivity contribution in [3.63, 3.8) is 0 Å². The Labute approximate surface area is 99.8 Å². The summed E-state index contributed by atoms with van der Waals surface area (Å²) < 4.78 is 12.9. The predicted molar refractivity (Wildman–Crippen MR) is 64.4 cm³/mol. The van der Waals surface area contributed by atoms with Crippen molar-refractivity contribution in [3.05, 3.63) is 41.2 Å². The lowest BCUT2D eigenvalue weighted by molar-refractivity contribution is -0.134. The first-order chi connectivity index (χ1) is 8.16. The molecule has 1 N–H and O–H groups in total. The summed E-state index contributed by atoms with van der Waals surface area (Å²) in [6.07, 6.45) is 6.04. The maximum atomic E-state index is 12.9. The van der Waals surface area contributed by atoms with E-state index in [-0.39, 0.29) is 0 Å². The van der Waals surface area contributed by atoms with Crippen molar-refractivity contribution in [3.8, 4) is 0 Å². The van der Waals surface area contributed by atoms with Gasteiger partial charge in [-0.2, -0.15) is 4.39 Å². The highest BCUT2D eigenvalue weighted by Crippen LogP contribution is 2.34. The molecule has 3 heteroatoms. The van der Waals surface area contributed by atoms with Gasteiger partial charge in [-0.15, -0.1) is 0 Å². The summed E-state index contributed by atoms with van der Waals surface area (Å²) in [4.78, 5) is 10.3. The molecule has 1 fully saturated rings. The average Bonchev–Trinajstić information content (AvgIpc) is 2.83. The van der Waals surface area contributed by atoms with Crippen LogP contribution in [0.15, 0.2) is 30.1 Å². The Morgan fingerprint density at radius 3 is 2.35 bits per heavy atom. The van der Waals surface area contributed by atoms with E-state index in [4.69, 9.17) is 5.11 Å². The number of hydrogen-bond acceptors (Lipinski definition) is 1. The first kappa shape index (κ1) is 11.8. The monoisotopic (exact) mass is 234 g/mol. The van der Waals surface area contributed by atoms with Gasteiger partial charge in [-0.05, 0) is 36.0 Å². The summed E-state index contributed by atoms with van der Waals surface area (Å²) in [5.74, 6) is -2.03. The van der Waals surface area contributed by atoms with Crippen LogP contribution in [0, 0.1) is 0 Å². The predicted octanol–water partition coefficient (Wildman–Crippen LogP) is 3.74. The number of rotatable bonds is 3. The third-order valence-electron chi connectivity index (χ3n) is 3.26. The minimum atomic E-state index is -1.52. The van der Waals surface area contributed by atoms with Crippen molar-refractivity contribution in [1.82, 2.24) is 0 Å². The zero-order valence-corrected chi connectivity index (χ0v) is 9.53. The van der Waals surface area contributed by atoms with Gasteiger partial charge in [0.2, 0.25) is 5.83 Å². The second-order valence-corrected chi connectivity index (χ2v) is 4.45. The molecule has 0 spiro atoms. The molecule has 0 bridgehead atoms. The van der Waals surface area contributed by atoms with Gasteiger partial charge >= 0.3 is 5.97 Å². The second-order valence-electron chi connectivity index (χ2n) is 4.45.